The van der Waals surface area contributed by atoms with E-state index in [1.54, 1.807) is 6.92 Å². The van der Waals surface area contributed by atoms with Crippen molar-refractivity contribution in [1.29, 1.82) is 0 Å². The van der Waals surface area contributed by atoms with Gasteiger partial charge in [-0.05, 0) is 20.3 Å². The van der Waals surface area contributed by atoms with Gasteiger partial charge in [-0.2, -0.15) is 0 Å². The van der Waals surface area contributed by atoms with Crippen LogP contribution < -0.4 is 0 Å². The summed E-state index contributed by atoms with van der Waals surface area (Å²) in [5, 5.41) is 8.59. The van der Waals surface area contributed by atoms with Crippen LogP contribution in [0.1, 0.15) is 35.5 Å². The number of aliphatic carboxylic acids is 1. The molecule has 0 aliphatic rings. The highest BCUT2D eigenvalue weighted by Crippen LogP contribution is 2.10. The van der Waals surface area contributed by atoms with Gasteiger partial charge in [-0.25, -0.2) is 4.79 Å². The second kappa shape index (κ2) is 9.58. The fourth-order valence-corrected chi connectivity index (χ4v) is 1.18. The molecule has 0 aliphatic carbocycles. The van der Waals surface area contributed by atoms with Gasteiger partial charge in [0.05, 0.1) is 13.0 Å². The lowest BCUT2D eigenvalue weighted by Crippen LogP contribution is -2.24. The van der Waals surface area contributed by atoms with E-state index < -0.39 is 24.0 Å². The highest BCUT2D eigenvalue weighted by Gasteiger charge is 2.19. The van der Waals surface area contributed by atoms with Gasteiger partial charge in [0.1, 0.15) is 5.78 Å². The Bertz CT molecular complexity index is 292. The zero-order valence-electron chi connectivity index (χ0n) is 10.3. The predicted octanol–water partition coefficient (Wildman–Crippen LogP) is 1.52. The van der Waals surface area contributed by atoms with E-state index in [1.807, 2.05) is 0 Å². The summed E-state index contributed by atoms with van der Waals surface area (Å²) in [4.78, 5) is 32.8. The van der Waals surface area contributed by atoms with Gasteiger partial charge in [-0.1, -0.05) is 7.43 Å². The van der Waals surface area contributed by atoms with Gasteiger partial charge in [0.25, 0.3) is 0 Å². The summed E-state index contributed by atoms with van der Waals surface area (Å²) in [5.41, 5.74) is 0. The van der Waals surface area contributed by atoms with Crippen molar-refractivity contribution in [1.82, 2.24) is 0 Å². The van der Waals surface area contributed by atoms with Crippen LogP contribution >= 0.6 is 0 Å². The SMILES string of the molecule is C.COC(C)C(=O)OCCC(CC(=O)O)C(C)=O.[2HH]. The van der Waals surface area contributed by atoms with Gasteiger partial charge >= 0.3 is 11.9 Å². The minimum absolute atomic E-state index is 0. The third-order valence-corrected chi connectivity index (χ3v) is 2.39. The van der Waals surface area contributed by atoms with Gasteiger partial charge in [-0.15, -0.1) is 0 Å². The first-order valence-corrected chi connectivity index (χ1v) is 5.30. The molecular weight excluding hydrogens is 240 g/mol. The van der Waals surface area contributed by atoms with Gasteiger partial charge in [0, 0.05) is 14.5 Å². The maximum Gasteiger partial charge on any atom is 0.334 e. The Morgan fingerprint density at radius 3 is 2.28 bits per heavy atom. The van der Waals surface area contributed by atoms with Crippen molar-refractivity contribution < 1.29 is 30.4 Å². The van der Waals surface area contributed by atoms with E-state index in [2.05, 4.69) is 0 Å². The minimum Gasteiger partial charge on any atom is -0.481 e. The van der Waals surface area contributed by atoms with Crippen LogP contribution in [0.15, 0.2) is 0 Å². The van der Waals surface area contributed by atoms with Crippen LogP contribution in [0.4, 0.5) is 0 Å². The standard InChI is InChI=1S/C11H18O6.CH4.H2/c1-7(12)9(6-10(13)14)4-5-17-11(15)8(2)16-3;;/h8-9H,4-6H2,1-3H3,(H,13,14);1H4;1H/i;;1+1. The summed E-state index contributed by atoms with van der Waals surface area (Å²) in [6.45, 7) is 2.89. The average Bonchev–Trinajstić information content (AvgIpc) is 2.25. The van der Waals surface area contributed by atoms with Crippen molar-refractivity contribution in [3.8, 4) is 0 Å². The van der Waals surface area contributed by atoms with Crippen LogP contribution in [-0.2, 0) is 23.9 Å². The first-order chi connectivity index (χ1) is 7.88. The molecule has 1 N–H and O–H groups in total. The molecule has 0 aromatic heterocycles. The second-order valence-electron chi connectivity index (χ2n) is 3.74. The van der Waals surface area contributed by atoms with Crippen molar-refractivity contribution >= 4 is 17.7 Å². The number of carbonyl (C=O) groups excluding carboxylic acids is 2. The van der Waals surface area contributed by atoms with Crippen LogP contribution in [0.25, 0.3) is 0 Å². The maximum atomic E-state index is 11.2. The first kappa shape index (κ1) is 18.9. The van der Waals surface area contributed by atoms with Gasteiger partial charge in [0.15, 0.2) is 6.10 Å². The molecule has 6 heteroatoms. The van der Waals surface area contributed by atoms with E-state index in [1.165, 1.54) is 14.0 Å². The summed E-state index contributed by atoms with van der Waals surface area (Å²) in [6.07, 6.45) is -0.693. The number of hydrogen-bond acceptors (Lipinski definition) is 5. The number of methoxy groups -OCH3 is 1. The molecule has 2 unspecified atom stereocenters. The molecular formula is C12H24O6. The van der Waals surface area contributed by atoms with Crippen molar-refractivity contribution in [2.24, 2.45) is 5.92 Å². The Kier molecular flexibility index (Phi) is 10.1. The van der Waals surface area contributed by atoms with Gasteiger partial charge < -0.3 is 14.6 Å². The van der Waals surface area contributed by atoms with Crippen LogP contribution in [0.3, 0.4) is 0 Å². The Morgan fingerprint density at radius 1 is 1.33 bits per heavy atom. The third kappa shape index (κ3) is 7.78. The van der Waals surface area contributed by atoms with Crippen LogP contribution in [0.5, 0.6) is 0 Å². The molecule has 0 aliphatic heterocycles. The monoisotopic (exact) mass is 265 g/mol. The smallest absolute Gasteiger partial charge is 0.334 e. The molecule has 0 heterocycles. The van der Waals surface area contributed by atoms with E-state index in [4.69, 9.17) is 14.6 Å². The zero-order chi connectivity index (χ0) is 13.4. The van der Waals surface area contributed by atoms with Crippen LogP contribution in [-0.4, -0.2) is 42.6 Å². The molecule has 0 spiro atoms. The number of carboxylic acids is 1. The normalized spacial score (nSPS) is 13.1. The molecule has 0 radical (unpaired) electrons. The molecule has 18 heavy (non-hydrogen) atoms. The van der Waals surface area contributed by atoms with E-state index in [9.17, 15) is 14.4 Å². The molecule has 0 aromatic rings. The topological polar surface area (TPSA) is 89.9 Å². The lowest BCUT2D eigenvalue weighted by Gasteiger charge is -2.13. The van der Waals surface area contributed by atoms with Crippen LogP contribution in [0.2, 0.25) is 0 Å². The number of Topliss-reactive ketones (excluding diaryl/α,β-unsaturated/α-hetero) is 1. The van der Waals surface area contributed by atoms with E-state index in [0.717, 1.165) is 0 Å². The average molecular weight is 265 g/mol. The van der Waals surface area contributed by atoms with E-state index in [-0.39, 0.29) is 34.1 Å². The molecule has 6 nitrogen and oxygen atoms in total. The number of hydrogen-bond donors (Lipinski definition) is 1. The summed E-state index contributed by atoms with van der Waals surface area (Å²) >= 11 is 0. The predicted molar refractivity (Wildman–Crippen MR) is 67.3 cm³/mol. The zero-order valence-corrected chi connectivity index (χ0v) is 10.3. The molecule has 2 atom stereocenters. The van der Waals surface area contributed by atoms with Crippen LogP contribution in [0, 0.1) is 5.92 Å². The molecule has 0 amide bonds. The number of ether oxygens (including phenoxy) is 2. The van der Waals surface area contributed by atoms with Crippen molar-refractivity contribution in [2.45, 2.75) is 40.2 Å². The summed E-state index contributed by atoms with van der Waals surface area (Å²) in [5.74, 6) is -2.40. The largest absolute Gasteiger partial charge is 0.481 e. The Hall–Kier alpha value is -1.43. The quantitative estimate of drug-likeness (QED) is 0.669. The Morgan fingerprint density at radius 2 is 1.89 bits per heavy atom. The summed E-state index contributed by atoms with van der Waals surface area (Å²) < 4.78 is 9.59. The molecule has 0 aromatic carbocycles. The van der Waals surface area contributed by atoms with E-state index >= 15 is 0 Å². The maximum absolute atomic E-state index is 11.2. The number of carbonyl (C=O) groups is 3. The van der Waals surface area contributed by atoms with Gasteiger partial charge in [-0.3, -0.25) is 9.59 Å². The summed E-state index contributed by atoms with van der Waals surface area (Å²) in [6, 6.07) is 0. The molecule has 0 fully saturated rings. The molecule has 108 valence electrons. The third-order valence-electron chi connectivity index (χ3n) is 2.39. The number of carboxylic acid groups (broad SMARTS) is 1. The fraction of sp³-hybridized carbons (Fsp3) is 0.750. The number of esters is 1. The number of ketones is 1. The van der Waals surface area contributed by atoms with Crippen molar-refractivity contribution in [3.63, 3.8) is 0 Å². The van der Waals surface area contributed by atoms with Gasteiger partial charge in [0.2, 0.25) is 0 Å². The highest BCUT2D eigenvalue weighted by atomic mass is 16.6. The van der Waals surface area contributed by atoms with E-state index in [0.29, 0.717) is 0 Å². The first-order valence-electron chi connectivity index (χ1n) is 5.30. The lowest BCUT2D eigenvalue weighted by molar-refractivity contribution is -0.155. The Balaban J connectivity index is -0.00000128. The van der Waals surface area contributed by atoms with Crippen molar-refractivity contribution in [2.75, 3.05) is 13.7 Å². The molecule has 0 bridgehead atoms. The minimum atomic E-state index is -1.04. The Labute approximate surface area is 109 Å². The molecule has 0 saturated carbocycles. The summed E-state index contributed by atoms with van der Waals surface area (Å²) in [7, 11) is 1.38. The lowest BCUT2D eigenvalue weighted by atomic mass is 9.98. The second-order valence-corrected chi connectivity index (χ2v) is 3.74. The fourth-order valence-electron chi connectivity index (χ4n) is 1.18. The van der Waals surface area contributed by atoms with Crippen molar-refractivity contribution in [3.05, 3.63) is 0 Å². The number of rotatable bonds is 8. The molecule has 0 saturated heterocycles. The molecule has 0 rings (SSSR count). The highest BCUT2D eigenvalue weighted by molar-refractivity contribution is 5.82.